The van der Waals surface area contributed by atoms with Crippen molar-refractivity contribution in [2.75, 3.05) is 13.1 Å². The molecule has 2 aliphatic rings. The molecule has 1 amide bonds. The van der Waals surface area contributed by atoms with Gasteiger partial charge in [-0.15, -0.1) is 0 Å². The lowest BCUT2D eigenvalue weighted by Gasteiger charge is -2.37. The lowest BCUT2D eigenvalue weighted by atomic mass is 10.0. The Bertz CT molecular complexity index is 560. The summed E-state index contributed by atoms with van der Waals surface area (Å²) in [7, 11) is 0. The van der Waals surface area contributed by atoms with Crippen LogP contribution in [-0.2, 0) is 4.79 Å². The topological polar surface area (TPSA) is 74.7 Å². The molecule has 0 unspecified atom stereocenters. The molecule has 25 heavy (non-hydrogen) atoms. The summed E-state index contributed by atoms with van der Waals surface area (Å²) in [4.78, 5) is 18.6. The highest BCUT2D eigenvalue weighted by atomic mass is 16.5. The first-order chi connectivity index (χ1) is 12.1. The number of hydrogen-bond acceptors (Lipinski definition) is 5. The molecule has 0 radical (unpaired) electrons. The first kappa shape index (κ1) is 18.1. The molecule has 2 N–H and O–H groups in total. The van der Waals surface area contributed by atoms with Gasteiger partial charge in [-0.3, -0.25) is 14.7 Å². The SMILES string of the molecule is CC(C)C(=O)N[C@@H]1C[C@@H](Oc2cccnc2)[C@H](O)[C@H]1N1CCCCC1. The number of carbonyl (C=O) groups is 1. The van der Waals surface area contributed by atoms with E-state index in [2.05, 4.69) is 15.2 Å². The fraction of sp³-hybridized carbons (Fsp3) is 0.684. The molecule has 1 aliphatic carbocycles. The monoisotopic (exact) mass is 347 g/mol. The number of nitrogens with one attached hydrogen (secondary N) is 1. The zero-order chi connectivity index (χ0) is 17.8. The maximum Gasteiger partial charge on any atom is 0.222 e. The van der Waals surface area contributed by atoms with Crippen molar-refractivity contribution in [3.05, 3.63) is 24.5 Å². The van der Waals surface area contributed by atoms with Crippen molar-refractivity contribution < 1.29 is 14.6 Å². The number of carbonyl (C=O) groups excluding carboxylic acids is 1. The van der Waals surface area contributed by atoms with E-state index in [0.717, 1.165) is 25.9 Å². The molecule has 2 fully saturated rings. The molecular formula is C19H29N3O3. The van der Waals surface area contributed by atoms with E-state index in [1.54, 1.807) is 12.4 Å². The number of aliphatic hydroxyl groups is 1. The van der Waals surface area contributed by atoms with Gasteiger partial charge in [0.2, 0.25) is 5.91 Å². The number of piperidine rings is 1. The Balaban J connectivity index is 1.74. The van der Waals surface area contributed by atoms with Crippen LogP contribution in [0.1, 0.15) is 39.5 Å². The molecule has 1 saturated heterocycles. The summed E-state index contributed by atoms with van der Waals surface area (Å²) in [6.45, 7) is 5.71. The quantitative estimate of drug-likeness (QED) is 0.846. The maximum atomic E-state index is 12.2. The van der Waals surface area contributed by atoms with Crippen LogP contribution in [0.4, 0.5) is 0 Å². The average molecular weight is 347 g/mol. The van der Waals surface area contributed by atoms with Gasteiger partial charge in [-0.05, 0) is 38.1 Å². The third kappa shape index (κ3) is 4.30. The third-order valence-electron chi connectivity index (χ3n) is 5.22. The molecule has 138 valence electrons. The number of pyridine rings is 1. The van der Waals surface area contributed by atoms with E-state index < -0.39 is 6.10 Å². The van der Waals surface area contributed by atoms with Gasteiger partial charge in [-0.1, -0.05) is 20.3 Å². The summed E-state index contributed by atoms with van der Waals surface area (Å²) < 4.78 is 5.99. The van der Waals surface area contributed by atoms with E-state index >= 15 is 0 Å². The number of aliphatic hydroxyl groups excluding tert-OH is 1. The average Bonchev–Trinajstić information content (AvgIpc) is 2.91. The molecular weight excluding hydrogens is 318 g/mol. The summed E-state index contributed by atoms with van der Waals surface area (Å²) in [6, 6.07) is 3.47. The van der Waals surface area contributed by atoms with Gasteiger partial charge in [0.05, 0.1) is 18.3 Å². The van der Waals surface area contributed by atoms with Crippen molar-refractivity contribution in [1.29, 1.82) is 0 Å². The molecule has 0 bridgehead atoms. The largest absolute Gasteiger partial charge is 0.486 e. The standard InChI is InChI=1S/C19H29N3O3/c1-13(2)19(24)21-15-11-16(25-14-7-6-8-20-12-14)18(23)17(15)22-9-4-3-5-10-22/h6-8,12-13,15-18,23H,3-5,9-11H2,1-2H3,(H,21,24)/t15-,16-,17+,18+/m1/s1. The first-order valence-electron chi connectivity index (χ1n) is 9.35. The predicted molar refractivity (Wildman–Crippen MR) is 95.3 cm³/mol. The van der Waals surface area contributed by atoms with E-state index in [0.29, 0.717) is 12.2 Å². The minimum atomic E-state index is -0.629. The molecule has 0 aromatic carbocycles. The van der Waals surface area contributed by atoms with E-state index in [-0.39, 0.29) is 30.0 Å². The van der Waals surface area contributed by atoms with E-state index in [1.165, 1.54) is 6.42 Å². The third-order valence-corrected chi connectivity index (χ3v) is 5.22. The molecule has 6 nitrogen and oxygen atoms in total. The molecule has 0 spiro atoms. The van der Waals surface area contributed by atoms with Crippen LogP contribution in [0.5, 0.6) is 5.75 Å². The highest BCUT2D eigenvalue weighted by Gasteiger charge is 2.47. The van der Waals surface area contributed by atoms with Crippen LogP contribution in [0.2, 0.25) is 0 Å². The summed E-state index contributed by atoms with van der Waals surface area (Å²) in [6.07, 6.45) is 6.50. The number of ether oxygens (including phenoxy) is 1. The van der Waals surface area contributed by atoms with Crippen molar-refractivity contribution in [3.8, 4) is 5.75 Å². The van der Waals surface area contributed by atoms with Gasteiger partial charge in [-0.2, -0.15) is 0 Å². The Labute approximate surface area is 149 Å². The zero-order valence-electron chi connectivity index (χ0n) is 15.1. The molecule has 1 aromatic rings. The van der Waals surface area contributed by atoms with Crippen LogP contribution in [0.25, 0.3) is 0 Å². The second-order valence-corrected chi connectivity index (χ2v) is 7.43. The van der Waals surface area contributed by atoms with Gasteiger partial charge in [0.15, 0.2) is 0 Å². The summed E-state index contributed by atoms with van der Waals surface area (Å²) in [5.74, 6) is 0.610. The normalized spacial score (nSPS) is 30.4. The van der Waals surface area contributed by atoms with E-state index in [1.807, 2.05) is 26.0 Å². The first-order valence-corrected chi connectivity index (χ1v) is 9.35. The number of nitrogens with zero attached hydrogens (tertiary/aromatic N) is 2. The number of hydrogen-bond donors (Lipinski definition) is 2. The summed E-state index contributed by atoms with van der Waals surface area (Å²) in [5.41, 5.74) is 0. The summed E-state index contributed by atoms with van der Waals surface area (Å²) in [5, 5.41) is 14.1. The Morgan fingerprint density at radius 1 is 1.36 bits per heavy atom. The number of likely N-dealkylation sites (tertiary alicyclic amines) is 1. The zero-order valence-corrected chi connectivity index (χ0v) is 15.1. The van der Waals surface area contributed by atoms with Crippen molar-refractivity contribution in [3.63, 3.8) is 0 Å². The minimum absolute atomic E-state index is 0.0289. The molecule has 2 heterocycles. The highest BCUT2D eigenvalue weighted by Crippen LogP contribution is 2.31. The molecule has 3 rings (SSSR count). The molecule has 1 saturated carbocycles. The highest BCUT2D eigenvalue weighted by molar-refractivity contribution is 5.78. The van der Waals surface area contributed by atoms with E-state index in [4.69, 9.17) is 4.74 Å². The minimum Gasteiger partial charge on any atom is -0.486 e. The predicted octanol–water partition coefficient (Wildman–Crippen LogP) is 1.59. The fourth-order valence-corrected chi connectivity index (χ4v) is 3.88. The van der Waals surface area contributed by atoms with E-state index in [9.17, 15) is 9.90 Å². The van der Waals surface area contributed by atoms with Crippen molar-refractivity contribution in [1.82, 2.24) is 15.2 Å². The van der Waals surface area contributed by atoms with Crippen molar-refractivity contribution in [2.24, 2.45) is 5.92 Å². The fourth-order valence-electron chi connectivity index (χ4n) is 3.88. The van der Waals surface area contributed by atoms with Gasteiger partial charge in [0, 0.05) is 18.5 Å². The molecule has 4 atom stereocenters. The smallest absolute Gasteiger partial charge is 0.222 e. The van der Waals surface area contributed by atoms with Crippen molar-refractivity contribution in [2.45, 2.75) is 63.8 Å². The summed E-state index contributed by atoms with van der Waals surface area (Å²) >= 11 is 0. The Hall–Kier alpha value is -1.66. The molecule has 1 aromatic heterocycles. The Kier molecular flexibility index (Phi) is 5.91. The number of rotatable bonds is 5. The van der Waals surface area contributed by atoms with Crippen LogP contribution in [0, 0.1) is 5.92 Å². The van der Waals surface area contributed by atoms with Crippen LogP contribution < -0.4 is 10.1 Å². The Morgan fingerprint density at radius 2 is 2.12 bits per heavy atom. The van der Waals surface area contributed by atoms with Gasteiger partial charge < -0.3 is 15.2 Å². The van der Waals surface area contributed by atoms with Gasteiger partial charge in [-0.25, -0.2) is 0 Å². The number of aromatic nitrogens is 1. The second-order valence-electron chi connectivity index (χ2n) is 7.43. The molecule has 1 aliphatic heterocycles. The van der Waals surface area contributed by atoms with Gasteiger partial charge in [0.1, 0.15) is 18.0 Å². The lowest BCUT2D eigenvalue weighted by Crippen LogP contribution is -2.55. The van der Waals surface area contributed by atoms with Crippen molar-refractivity contribution >= 4 is 5.91 Å². The molecule has 6 heteroatoms. The Morgan fingerprint density at radius 3 is 2.76 bits per heavy atom. The van der Waals surface area contributed by atoms with Crippen LogP contribution in [-0.4, -0.2) is 58.3 Å². The second kappa shape index (κ2) is 8.15. The lowest BCUT2D eigenvalue weighted by molar-refractivity contribution is -0.125. The van der Waals surface area contributed by atoms with Gasteiger partial charge >= 0.3 is 0 Å². The van der Waals surface area contributed by atoms with Crippen LogP contribution in [0.15, 0.2) is 24.5 Å². The number of amides is 1. The van der Waals surface area contributed by atoms with Gasteiger partial charge in [0.25, 0.3) is 0 Å². The maximum absolute atomic E-state index is 12.2. The van der Waals surface area contributed by atoms with Crippen LogP contribution in [0.3, 0.4) is 0 Å². The van der Waals surface area contributed by atoms with Crippen LogP contribution >= 0.6 is 0 Å².